The second-order valence-electron chi connectivity index (χ2n) is 5.22. The minimum atomic E-state index is -0.198. The van der Waals surface area contributed by atoms with Crippen molar-refractivity contribution in [3.63, 3.8) is 0 Å². The van der Waals surface area contributed by atoms with Crippen LogP contribution >= 0.6 is 0 Å². The molecule has 3 atom stereocenters. The lowest BCUT2D eigenvalue weighted by molar-refractivity contribution is 0.0246. The average molecular weight is 251 g/mol. The highest BCUT2D eigenvalue weighted by Crippen LogP contribution is 2.32. The molecule has 0 bridgehead atoms. The van der Waals surface area contributed by atoms with Crippen molar-refractivity contribution in [3.8, 4) is 5.75 Å². The molecule has 3 rings (SSSR count). The summed E-state index contributed by atoms with van der Waals surface area (Å²) in [5.41, 5.74) is 7.05. The largest absolute Gasteiger partial charge is 0.490 e. The molecule has 2 aliphatic rings. The predicted molar refractivity (Wildman–Crippen MR) is 66.0 cm³/mol. The number of nitrogens with two attached hydrogens (primary N) is 1. The van der Waals surface area contributed by atoms with Crippen LogP contribution in [0.2, 0.25) is 0 Å². The third-order valence-electron chi connectivity index (χ3n) is 3.86. The Bertz CT molecular complexity index is 438. The molecule has 1 saturated heterocycles. The average Bonchev–Trinajstić information content (AvgIpc) is 2.73. The first kappa shape index (κ1) is 11.9. The fraction of sp³-hybridized carbons (Fsp3) is 0.571. The highest BCUT2D eigenvalue weighted by Gasteiger charge is 2.30. The maximum Gasteiger partial charge on any atom is 0.123 e. The fourth-order valence-electron chi connectivity index (χ4n) is 2.81. The van der Waals surface area contributed by atoms with Crippen LogP contribution in [0.3, 0.4) is 0 Å². The molecule has 2 heterocycles. The van der Waals surface area contributed by atoms with Crippen molar-refractivity contribution in [2.45, 2.75) is 31.4 Å². The van der Waals surface area contributed by atoms with Crippen LogP contribution < -0.4 is 10.5 Å². The topological polar surface area (TPSA) is 44.5 Å². The zero-order chi connectivity index (χ0) is 12.5. The first-order valence-electron chi connectivity index (χ1n) is 6.51. The monoisotopic (exact) mass is 251 g/mol. The molecule has 0 aromatic heterocycles. The van der Waals surface area contributed by atoms with E-state index in [9.17, 15) is 4.39 Å². The van der Waals surface area contributed by atoms with E-state index in [4.69, 9.17) is 15.2 Å². The Morgan fingerprint density at radius 2 is 2.28 bits per heavy atom. The normalized spacial score (nSPS) is 30.9. The maximum atomic E-state index is 13.1. The van der Waals surface area contributed by atoms with E-state index in [0.717, 1.165) is 37.2 Å². The standard InChI is InChI=1S/C14H18FNO2/c15-11-1-2-14-9(5-11)6-12(18-14)7-10-8-17-4-3-13(10)16/h1-2,5,10,12-13H,3-4,6-8,16H2. The molecular weight excluding hydrogens is 233 g/mol. The van der Waals surface area contributed by atoms with Crippen molar-refractivity contribution < 1.29 is 13.9 Å². The predicted octanol–water partition coefficient (Wildman–Crippen LogP) is 1.88. The Kier molecular flexibility index (Phi) is 3.22. The molecule has 4 heteroatoms. The van der Waals surface area contributed by atoms with Gasteiger partial charge >= 0.3 is 0 Å². The molecule has 3 nitrogen and oxygen atoms in total. The number of rotatable bonds is 2. The summed E-state index contributed by atoms with van der Waals surface area (Å²) in [6, 6.07) is 4.91. The van der Waals surface area contributed by atoms with Gasteiger partial charge in [-0.1, -0.05) is 0 Å². The van der Waals surface area contributed by atoms with Gasteiger partial charge in [-0.25, -0.2) is 4.39 Å². The van der Waals surface area contributed by atoms with Crippen LogP contribution in [0.1, 0.15) is 18.4 Å². The van der Waals surface area contributed by atoms with Gasteiger partial charge in [0.1, 0.15) is 17.7 Å². The number of hydrogen-bond donors (Lipinski definition) is 1. The summed E-state index contributed by atoms with van der Waals surface area (Å²) in [6.45, 7) is 1.47. The summed E-state index contributed by atoms with van der Waals surface area (Å²) >= 11 is 0. The number of ether oxygens (including phenoxy) is 2. The van der Waals surface area contributed by atoms with Crippen LogP contribution in [0.4, 0.5) is 4.39 Å². The highest BCUT2D eigenvalue weighted by atomic mass is 19.1. The fourth-order valence-corrected chi connectivity index (χ4v) is 2.81. The van der Waals surface area contributed by atoms with Gasteiger partial charge in [-0.2, -0.15) is 0 Å². The van der Waals surface area contributed by atoms with Crippen molar-refractivity contribution in [1.29, 1.82) is 0 Å². The summed E-state index contributed by atoms with van der Waals surface area (Å²) in [6.07, 6.45) is 2.69. The molecule has 1 aromatic carbocycles. The number of hydrogen-bond acceptors (Lipinski definition) is 3. The Balaban J connectivity index is 1.63. The van der Waals surface area contributed by atoms with Crippen LogP contribution in [-0.4, -0.2) is 25.4 Å². The van der Waals surface area contributed by atoms with E-state index in [0.29, 0.717) is 12.5 Å². The molecule has 1 fully saturated rings. The molecule has 0 spiro atoms. The van der Waals surface area contributed by atoms with Crippen LogP contribution in [-0.2, 0) is 11.2 Å². The van der Waals surface area contributed by atoms with E-state index in [2.05, 4.69) is 0 Å². The maximum absolute atomic E-state index is 13.1. The summed E-state index contributed by atoms with van der Waals surface area (Å²) in [4.78, 5) is 0. The van der Waals surface area contributed by atoms with Crippen LogP contribution in [0, 0.1) is 11.7 Å². The van der Waals surface area contributed by atoms with Crippen molar-refractivity contribution in [1.82, 2.24) is 0 Å². The minimum Gasteiger partial charge on any atom is -0.490 e. The van der Waals surface area contributed by atoms with Gasteiger partial charge in [0.2, 0.25) is 0 Å². The van der Waals surface area contributed by atoms with E-state index < -0.39 is 0 Å². The molecule has 0 aliphatic carbocycles. The van der Waals surface area contributed by atoms with E-state index >= 15 is 0 Å². The highest BCUT2D eigenvalue weighted by molar-refractivity contribution is 5.37. The van der Waals surface area contributed by atoms with Gasteiger partial charge in [0.25, 0.3) is 0 Å². The van der Waals surface area contributed by atoms with Crippen molar-refractivity contribution in [2.75, 3.05) is 13.2 Å². The summed E-state index contributed by atoms with van der Waals surface area (Å²) in [7, 11) is 0. The summed E-state index contributed by atoms with van der Waals surface area (Å²) < 4.78 is 24.4. The molecule has 3 unspecified atom stereocenters. The summed E-state index contributed by atoms with van der Waals surface area (Å²) in [5.74, 6) is 0.963. The van der Waals surface area contributed by atoms with Gasteiger partial charge in [0.05, 0.1) is 6.61 Å². The van der Waals surface area contributed by atoms with E-state index in [-0.39, 0.29) is 18.0 Å². The first-order chi connectivity index (χ1) is 8.72. The smallest absolute Gasteiger partial charge is 0.123 e. The lowest BCUT2D eigenvalue weighted by Crippen LogP contribution is -2.40. The molecule has 0 radical (unpaired) electrons. The Hall–Kier alpha value is -1.13. The van der Waals surface area contributed by atoms with Gasteiger partial charge in [0, 0.05) is 30.6 Å². The van der Waals surface area contributed by atoms with Crippen LogP contribution in [0.25, 0.3) is 0 Å². The van der Waals surface area contributed by atoms with Crippen molar-refractivity contribution >= 4 is 0 Å². The van der Waals surface area contributed by atoms with Crippen molar-refractivity contribution in [3.05, 3.63) is 29.6 Å². The van der Waals surface area contributed by atoms with Crippen molar-refractivity contribution in [2.24, 2.45) is 11.7 Å². The van der Waals surface area contributed by atoms with E-state index in [1.54, 1.807) is 12.1 Å². The molecule has 0 amide bonds. The SMILES string of the molecule is NC1CCOCC1CC1Cc2cc(F)ccc2O1. The lowest BCUT2D eigenvalue weighted by atomic mass is 9.90. The van der Waals surface area contributed by atoms with Gasteiger partial charge in [-0.15, -0.1) is 0 Å². The zero-order valence-electron chi connectivity index (χ0n) is 10.3. The molecule has 2 N–H and O–H groups in total. The van der Waals surface area contributed by atoms with Gasteiger partial charge < -0.3 is 15.2 Å². The van der Waals surface area contributed by atoms with Crippen LogP contribution in [0.15, 0.2) is 18.2 Å². The van der Waals surface area contributed by atoms with Gasteiger partial charge in [-0.05, 0) is 31.0 Å². The second kappa shape index (κ2) is 4.86. The third-order valence-corrected chi connectivity index (χ3v) is 3.86. The Labute approximate surface area is 106 Å². The number of benzene rings is 1. The molecule has 2 aliphatic heterocycles. The minimum absolute atomic E-state index is 0.111. The number of halogens is 1. The van der Waals surface area contributed by atoms with Gasteiger partial charge in [-0.3, -0.25) is 0 Å². The lowest BCUT2D eigenvalue weighted by Gasteiger charge is -2.30. The second-order valence-corrected chi connectivity index (χ2v) is 5.22. The molecule has 98 valence electrons. The summed E-state index contributed by atoms with van der Waals surface area (Å²) in [5, 5.41) is 0. The van der Waals surface area contributed by atoms with E-state index in [1.807, 2.05) is 0 Å². The molecule has 1 aromatic rings. The molecule has 18 heavy (non-hydrogen) atoms. The molecular formula is C14H18FNO2. The quantitative estimate of drug-likeness (QED) is 0.873. The Morgan fingerprint density at radius 3 is 3.11 bits per heavy atom. The van der Waals surface area contributed by atoms with Crippen LogP contribution in [0.5, 0.6) is 5.75 Å². The third kappa shape index (κ3) is 2.35. The zero-order valence-corrected chi connectivity index (χ0v) is 10.3. The number of fused-ring (bicyclic) bond motifs is 1. The molecule has 0 saturated carbocycles. The van der Waals surface area contributed by atoms with E-state index in [1.165, 1.54) is 6.07 Å². The van der Waals surface area contributed by atoms with Gasteiger partial charge in [0.15, 0.2) is 0 Å². The Morgan fingerprint density at radius 1 is 1.39 bits per heavy atom. The first-order valence-corrected chi connectivity index (χ1v) is 6.51.